The van der Waals surface area contributed by atoms with Crippen LogP contribution in [0, 0.1) is 6.92 Å². The van der Waals surface area contributed by atoms with E-state index in [0.29, 0.717) is 10.1 Å². The Labute approximate surface area is 189 Å². The Bertz CT molecular complexity index is 1270. The molecule has 166 valence electrons. The van der Waals surface area contributed by atoms with E-state index in [-0.39, 0.29) is 35.1 Å². The smallest absolute Gasteiger partial charge is 0.270 e. The highest BCUT2D eigenvalue weighted by atomic mass is 32.2. The summed E-state index contributed by atoms with van der Waals surface area (Å²) in [4.78, 5) is 25.0. The Morgan fingerprint density at radius 2 is 1.94 bits per heavy atom. The van der Waals surface area contributed by atoms with Crippen LogP contribution in [0.15, 0.2) is 53.4 Å². The van der Waals surface area contributed by atoms with E-state index in [1.807, 2.05) is 30.3 Å². The molecular weight excluding hydrogens is 452 g/mol. The molecule has 1 N–H and O–H groups in total. The molecule has 0 aliphatic carbocycles. The van der Waals surface area contributed by atoms with E-state index in [2.05, 4.69) is 15.5 Å². The topological polar surface area (TPSA) is 119 Å². The van der Waals surface area contributed by atoms with Gasteiger partial charge in [-0.1, -0.05) is 41.7 Å². The van der Waals surface area contributed by atoms with Gasteiger partial charge in [0.25, 0.3) is 15.9 Å². The van der Waals surface area contributed by atoms with Gasteiger partial charge in [-0.05, 0) is 30.7 Å². The van der Waals surface area contributed by atoms with Crippen LogP contribution in [0.4, 0.5) is 5.13 Å². The Morgan fingerprint density at radius 3 is 2.59 bits per heavy atom. The van der Waals surface area contributed by atoms with Gasteiger partial charge >= 0.3 is 0 Å². The minimum atomic E-state index is -4.24. The summed E-state index contributed by atoms with van der Waals surface area (Å²) in [6.45, 7) is 1.77. The first-order valence-corrected chi connectivity index (χ1v) is 11.9. The first kappa shape index (κ1) is 21.9. The number of benzene rings is 2. The fourth-order valence-corrected chi connectivity index (χ4v) is 5.74. The largest absolute Gasteiger partial charge is 0.495 e. The highest BCUT2D eigenvalue weighted by molar-refractivity contribution is 7.89. The number of methoxy groups -OCH3 is 1. The Kier molecular flexibility index (Phi) is 5.94. The first-order chi connectivity index (χ1) is 15.3. The van der Waals surface area contributed by atoms with Crippen LogP contribution in [0.1, 0.15) is 33.3 Å². The summed E-state index contributed by atoms with van der Waals surface area (Å²) >= 11 is 1.20. The second kappa shape index (κ2) is 8.67. The third-order valence-electron chi connectivity index (χ3n) is 5.10. The molecule has 0 saturated carbocycles. The third kappa shape index (κ3) is 4.21. The summed E-state index contributed by atoms with van der Waals surface area (Å²) in [6.07, 6.45) is 0.0855. The van der Waals surface area contributed by atoms with Crippen molar-refractivity contribution in [2.24, 2.45) is 0 Å². The molecule has 2 amide bonds. The van der Waals surface area contributed by atoms with Crippen LogP contribution >= 0.6 is 11.3 Å². The molecule has 2 heterocycles. The minimum Gasteiger partial charge on any atom is -0.495 e. The minimum absolute atomic E-state index is 0.0226. The van der Waals surface area contributed by atoms with Crippen LogP contribution in [-0.2, 0) is 14.8 Å². The predicted octanol–water partition coefficient (Wildman–Crippen LogP) is 2.81. The van der Waals surface area contributed by atoms with Gasteiger partial charge in [0.15, 0.2) is 0 Å². The first-order valence-electron chi connectivity index (χ1n) is 9.69. The van der Waals surface area contributed by atoms with Crippen molar-refractivity contribution in [1.29, 1.82) is 0 Å². The van der Waals surface area contributed by atoms with Crippen LogP contribution in [-0.4, -0.2) is 48.4 Å². The van der Waals surface area contributed by atoms with E-state index in [1.54, 1.807) is 6.92 Å². The standard InChI is InChI=1S/C21H20N4O5S2/c1-13-23-24-21(31-13)22-20(27)15-8-9-17(30-2)18(10-15)32(28,29)25-12-16(11-19(25)26)14-6-4-3-5-7-14/h3-10,16H,11-12H2,1-2H3,(H,22,24,27)/t16-/m1/s1. The van der Waals surface area contributed by atoms with Crippen molar-refractivity contribution in [2.75, 3.05) is 19.0 Å². The summed E-state index contributed by atoms with van der Waals surface area (Å²) in [7, 11) is -2.91. The number of amides is 2. The van der Waals surface area contributed by atoms with Gasteiger partial charge in [-0.3, -0.25) is 14.9 Å². The number of hydrogen-bond donors (Lipinski definition) is 1. The molecule has 1 atom stereocenters. The van der Waals surface area contributed by atoms with E-state index < -0.39 is 21.8 Å². The van der Waals surface area contributed by atoms with E-state index in [1.165, 1.54) is 36.6 Å². The number of carbonyl (C=O) groups excluding carboxylic acids is 2. The Hall–Kier alpha value is -3.31. The van der Waals surface area contributed by atoms with Gasteiger partial charge in [0.1, 0.15) is 15.7 Å². The monoisotopic (exact) mass is 472 g/mol. The lowest BCUT2D eigenvalue weighted by atomic mass is 9.99. The van der Waals surface area contributed by atoms with Crippen molar-refractivity contribution in [1.82, 2.24) is 14.5 Å². The molecule has 0 unspecified atom stereocenters. The van der Waals surface area contributed by atoms with Crippen molar-refractivity contribution >= 4 is 38.3 Å². The van der Waals surface area contributed by atoms with Gasteiger partial charge in [-0.2, -0.15) is 0 Å². The average molecular weight is 473 g/mol. The van der Waals surface area contributed by atoms with Gasteiger partial charge < -0.3 is 4.74 Å². The molecule has 3 aromatic rings. The number of anilines is 1. The van der Waals surface area contributed by atoms with E-state index in [4.69, 9.17) is 4.74 Å². The molecule has 0 spiro atoms. The quantitative estimate of drug-likeness (QED) is 0.586. The fraction of sp³-hybridized carbons (Fsp3) is 0.238. The number of rotatable bonds is 6. The maximum absolute atomic E-state index is 13.4. The number of ether oxygens (including phenoxy) is 1. The highest BCUT2D eigenvalue weighted by Crippen LogP contribution is 2.35. The second-order valence-electron chi connectivity index (χ2n) is 7.19. The molecule has 2 aromatic carbocycles. The van der Waals surface area contributed by atoms with Crippen molar-refractivity contribution < 1.29 is 22.7 Å². The molecule has 1 saturated heterocycles. The molecule has 1 aliphatic heterocycles. The van der Waals surface area contributed by atoms with E-state index in [9.17, 15) is 18.0 Å². The second-order valence-corrected chi connectivity index (χ2v) is 10.2. The Balaban J connectivity index is 1.64. The molecule has 11 heteroatoms. The zero-order valence-corrected chi connectivity index (χ0v) is 18.9. The predicted molar refractivity (Wildman–Crippen MR) is 118 cm³/mol. The normalized spacial score (nSPS) is 16.2. The fourth-order valence-electron chi connectivity index (χ4n) is 3.51. The molecule has 32 heavy (non-hydrogen) atoms. The van der Waals surface area contributed by atoms with Gasteiger partial charge in [-0.25, -0.2) is 12.7 Å². The number of carbonyl (C=O) groups is 2. The summed E-state index contributed by atoms with van der Waals surface area (Å²) < 4.78 is 32.9. The van der Waals surface area contributed by atoms with E-state index in [0.717, 1.165) is 9.87 Å². The summed E-state index contributed by atoms with van der Waals surface area (Å²) in [6, 6.07) is 13.3. The third-order valence-corrected chi connectivity index (χ3v) is 7.66. The highest BCUT2D eigenvalue weighted by Gasteiger charge is 2.40. The van der Waals surface area contributed by atoms with Crippen molar-refractivity contribution in [3.05, 3.63) is 64.7 Å². The summed E-state index contributed by atoms with van der Waals surface area (Å²) in [5.74, 6) is -1.24. The summed E-state index contributed by atoms with van der Waals surface area (Å²) in [5.41, 5.74) is 0.981. The molecule has 1 fully saturated rings. The lowest BCUT2D eigenvalue weighted by molar-refractivity contribution is -0.123. The number of aryl methyl sites for hydroxylation is 1. The van der Waals surface area contributed by atoms with Gasteiger partial charge in [0, 0.05) is 24.4 Å². The lowest BCUT2D eigenvalue weighted by Gasteiger charge is -2.19. The van der Waals surface area contributed by atoms with Crippen LogP contribution in [0.3, 0.4) is 0 Å². The van der Waals surface area contributed by atoms with E-state index >= 15 is 0 Å². The number of hydrogen-bond acceptors (Lipinski definition) is 8. The lowest BCUT2D eigenvalue weighted by Crippen LogP contribution is -2.32. The SMILES string of the molecule is COc1ccc(C(=O)Nc2nnc(C)s2)cc1S(=O)(=O)N1C[C@H](c2ccccc2)CC1=O. The number of sulfonamides is 1. The summed E-state index contributed by atoms with van der Waals surface area (Å²) in [5, 5.41) is 11.2. The number of nitrogens with zero attached hydrogens (tertiary/aromatic N) is 3. The molecule has 9 nitrogen and oxygen atoms in total. The molecule has 1 aromatic heterocycles. The molecular formula is C21H20N4O5S2. The maximum atomic E-state index is 13.4. The van der Waals surface area contributed by atoms with Gasteiger partial charge in [0.2, 0.25) is 11.0 Å². The van der Waals surface area contributed by atoms with Crippen molar-refractivity contribution in [2.45, 2.75) is 24.2 Å². The van der Waals surface area contributed by atoms with Crippen molar-refractivity contribution in [3.8, 4) is 5.75 Å². The Morgan fingerprint density at radius 1 is 1.19 bits per heavy atom. The zero-order valence-electron chi connectivity index (χ0n) is 17.3. The molecule has 0 radical (unpaired) electrons. The molecule has 1 aliphatic rings. The van der Waals surface area contributed by atoms with Gasteiger partial charge in [-0.15, -0.1) is 10.2 Å². The van der Waals surface area contributed by atoms with Crippen LogP contribution in [0.2, 0.25) is 0 Å². The maximum Gasteiger partial charge on any atom is 0.270 e. The van der Waals surface area contributed by atoms with Crippen LogP contribution < -0.4 is 10.1 Å². The van der Waals surface area contributed by atoms with Crippen LogP contribution in [0.25, 0.3) is 0 Å². The average Bonchev–Trinajstić information content (AvgIpc) is 3.39. The number of nitrogens with one attached hydrogen (secondary N) is 1. The van der Waals surface area contributed by atoms with Crippen LogP contribution in [0.5, 0.6) is 5.75 Å². The molecule has 4 rings (SSSR count). The van der Waals surface area contributed by atoms with Crippen molar-refractivity contribution in [3.63, 3.8) is 0 Å². The number of aromatic nitrogens is 2. The molecule has 0 bridgehead atoms. The van der Waals surface area contributed by atoms with Gasteiger partial charge in [0.05, 0.1) is 7.11 Å². The zero-order chi connectivity index (χ0) is 22.9.